The lowest BCUT2D eigenvalue weighted by molar-refractivity contribution is 0.720. The first-order valence-corrected chi connectivity index (χ1v) is 5.55. The molecule has 0 N–H and O–H groups in total. The second-order valence-electron chi connectivity index (χ2n) is 2.98. The summed E-state index contributed by atoms with van der Waals surface area (Å²) in [5, 5.41) is 0. The first-order valence-electron chi connectivity index (χ1n) is 4.67. The van der Waals surface area contributed by atoms with Crippen LogP contribution in [0.5, 0.6) is 0 Å². The topological polar surface area (TPSA) is 25.2 Å². The highest BCUT2D eigenvalue weighted by Gasteiger charge is 2.00. The largest absolute Gasteiger partial charge is 0.289 e. The summed E-state index contributed by atoms with van der Waals surface area (Å²) in [6, 6.07) is 0.375. The fraction of sp³-hybridized carbons (Fsp3) is 0.455. The minimum atomic E-state index is 0.375. The molecule has 0 bridgehead atoms. The van der Waals surface area contributed by atoms with Crippen molar-refractivity contribution in [3.8, 4) is 11.8 Å². The third kappa shape index (κ3) is 2.97. The van der Waals surface area contributed by atoms with E-state index < -0.39 is 0 Å². The molecule has 1 atom stereocenters. The molecule has 0 spiro atoms. The summed E-state index contributed by atoms with van der Waals surface area (Å²) in [4.78, 5) is 9.62. The molecule has 1 aromatic rings. The van der Waals surface area contributed by atoms with Gasteiger partial charge in [-0.2, -0.15) is 0 Å². The smallest absolute Gasteiger partial charge is 0.132 e. The summed E-state index contributed by atoms with van der Waals surface area (Å²) in [5.74, 6) is 5.80. The number of aromatic nitrogens is 1. The van der Waals surface area contributed by atoms with Gasteiger partial charge in [0.2, 0.25) is 0 Å². The molecule has 1 rings (SSSR count). The maximum absolute atomic E-state index is 4.41. The van der Waals surface area contributed by atoms with Gasteiger partial charge in [-0.3, -0.25) is 4.99 Å². The predicted octanol–water partition coefficient (Wildman–Crippen LogP) is 2.73. The molecule has 0 aromatic carbocycles. The van der Waals surface area contributed by atoms with Gasteiger partial charge in [0, 0.05) is 12.3 Å². The Bertz CT molecular complexity index is 368. The van der Waals surface area contributed by atoms with Gasteiger partial charge >= 0.3 is 0 Å². The van der Waals surface area contributed by atoms with Crippen molar-refractivity contribution in [2.45, 2.75) is 33.2 Å². The molecule has 0 saturated carbocycles. The Hall–Kier alpha value is -1.14. The first kappa shape index (κ1) is 10.9. The zero-order valence-corrected chi connectivity index (χ0v) is 9.56. The Balaban J connectivity index is 2.79. The van der Waals surface area contributed by atoms with E-state index in [1.165, 1.54) is 0 Å². The molecule has 2 nitrogen and oxygen atoms in total. The third-order valence-corrected chi connectivity index (χ3v) is 2.64. The van der Waals surface area contributed by atoms with Crippen LogP contribution in [0.2, 0.25) is 0 Å². The van der Waals surface area contributed by atoms with Crippen molar-refractivity contribution in [1.29, 1.82) is 0 Å². The van der Waals surface area contributed by atoms with E-state index in [9.17, 15) is 0 Å². The standard InChI is InChI=1S/C11H14N2S/c1-4-6-10-11(14-8-13-10)7-12-9(3)5-2/h7-9H,5H2,1-3H3. The number of nitrogens with zero attached hydrogens (tertiary/aromatic N) is 2. The van der Waals surface area contributed by atoms with E-state index in [1.807, 2.05) is 13.1 Å². The van der Waals surface area contributed by atoms with Crippen LogP contribution in [0, 0.1) is 11.8 Å². The lowest BCUT2D eigenvalue weighted by Gasteiger charge is -1.98. The highest BCUT2D eigenvalue weighted by atomic mass is 32.1. The fourth-order valence-electron chi connectivity index (χ4n) is 0.859. The monoisotopic (exact) mass is 206 g/mol. The molecule has 0 amide bonds. The van der Waals surface area contributed by atoms with Crippen LogP contribution in [0.15, 0.2) is 10.5 Å². The number of hydrogen-bond acceptors (Lipinski definition) is 3. The summed E-state index contributed by atoms with van der Waals surface area (Å²) in [6.07, 6.45) is 2.94. The van der Waals surface area contributed by atoms with Crippen molar-refractivity contribution >= 4 is 17.6 Å². The summed E-state index contributed by atoms with van der Waals surface area (Å²) >= 11 is 1.58. The number of aliphatic imine (C=N–C) groups is 1. The second kappa shape index (κ2) is 5.56. The van der Waals surface area contributed by atoms with Crippen molar-refractivity contribution in [3.63, 3.8) is 0 Å². The van der Waals surface area contributed by atoms with Crippen LogP contribution in [0.1, 0.15) is 37.8 Å². The normalized spacial score (nSPS) is 12.5. The maximum Gasteiger partial charge on any atom is 0.132 e. The molecule has 1 unspecified atom stereocenters. The lowest BCUT2D eigenvalue weighted by Crippen LogP contribution is -1.95. The molecule has 1 heterocycles. The van der Waals surface area contributed by atoms with Crippen LogP contribution in [0.3, 0.4) is 0 Å². The van der Waals surface area contributed by atoms with E-state index in [0.717, 1.165) is 17.0 Å². The average molecular weight is 206 g/mol. The molecule has 0 radical (unpaired) electrons. The molecule has 3 heteroatoms. The Labute approximate surface area is 89.1 Å². The maximum atomic E-state index is 4.41. The minimum Gasteiger partial charge on any atom is -0.289 e. The Kier molecular flexibility index (Phi) is 4.34. The van der Waals surface area contributed by atoms with Gasteiger partial charge in [0.25, 0.3) is 0 Å². The molecular formula is C11H14N2S. The highest BCUT2D eigenvalue weighted by molar-refractivity contribution is 7.11. The predicted molar refractivity (Wildman–Crippen MR) is 62.0 cm³/mol. The summed E-state index contributed by atoms with van der Waals surface area (Å²) in [7, 11) is 0. The van der Waals surface area contributed by atoms with Crippen molar-refractivity contribution in [2.24, 2.45) is 4.99 Å². The molecule has 0 aliphatic heterocycles. The van der Waals surface area contributed by atoms with E-state index in [-0.39, 0.29) is 0 Å². The molecule has 0 saturated heterocycles. The van der Waals surface area contributed by atoms with E-state index in [1.54, 1.807) is 16.8 Å². The van der Waals surface area contributed by atoms with Crippen LogP contribution < -0.4 is 0 Å². The van der Waals surface area contributed by atoms with E-state index in [0.29, 0.717) is 6.04 Å². The minimum absolute atomic E-state index is 0.375. The van der Waals surface area contributed by atoms with Crippen LogP contribution in [-0.2, 0) is 0 Å². The molecule has 0 aliphatic rings. The van der Waals surface area contributed by atoms with Gasteiger partial charge in [-0.15, -0.1) is 11.3 Å². The van der Waals surface area contributed by atoms with Gasteiger partial charge < -0.3 is 0 Å². The quantitative estimate of drug-likeness (QED) is 0.551. The Morgan fingerprint density at radius 3 is 3.14 bits per heavy atom. The second-order valence-corrected chi connectivity index (χ2v) is 3.86. The van der Waals surface area contributed by atoms with Gasteiger partial charge in [0.15, 0.2) is 0 Å². The molecule has 14 heavy (non-hydrogen) atoms. The first-order chi connectivity index (χ1) is 6.77. The Morgan fingerprint density at radius 1 is 1.71 bits per heavy atom. The van der Waals surface area contributed by atoms with Crippen LogP contribution in [0.25, 0.3) is 0 Å². The fourth-order valence-corrected chi connectivity index (χ4v) is 1.47. The number of rotatable bonds is 3. The third-order valence-electron chi connectivity index (χ3n) is 1.88. The number of thiazole rings is 1. The van der Waals surface area contributed by atoms with Crippen LogP contribution in [-0.4, -0.2) is 17.2 Å². The SMILES string of the molecule is CC#Cc1ncsc1C=NC(C)CC. The Morgan fingerprint density at radius 2 is 2.50 bits per heavy atom. The summed E-state index contributed by atoms with van der Waals surface area (Å²) in [5.41, 5.74) is 2.64. The molecule has 1 aromatic heterocycles. The van der Waals surface area contributed by atoms with E-state index in [4.69, 9.17) is 0 Å². The average Bonchev–Trinajstić information content (AvgIpc) is 2.62. The van der Waals surface area contributed by atoms with Crippen LogP contribution in [0.4, 0.5) is 0 Å². The van der Waals surface area contributed by atoms with Crippen molar-refractivity contribution in [2.75, 3.05) is 0 Å². The van der Waals surface area contributed by atoms with E-state index in [2.05, 4.69) is 35.7 Å². The zero-order valence-electron chi connectivity index (χ0n) is 8.74. The van der Waals surface area contributed by atoms with Gasteiger partial charge in [-0.25, -0.2) is 4.98 Å². The molecule has 0 fully saturated rings. The molecule has 74 valence electrons. The highest BCUT2D eigenvalue weighted by Crippen LogP contribution is 2.10. The van der Waals surface area contributed by atoms with Gasteiger partial charge in [0.05, 0.1) is 10.4 Å². The van der Waals surface area contributed by atoms with Crippen LogP contribution >= 0.6 is 11.3 Å². The van der Waals surface area contributed by atoms with E-state index >= 15 is 0 Å². The van der Waals surface area contributed by atoms with Crippen molar-refractivity contribution < 1.29 is 0 Å². The molecule has 0 aliphatic carbocycles. The summed E-state index contributed by atoms with van der Waals surface area (Å²) < 4.78 is 0. The van der Waals surface area contributed by atoms with Crippen molar-refractivity contribution in [3.05, 3.63) is 16.1 Å². The van der Waals surface area contributed by atoms with Gasteiger partial charge in [-0.05, 0) is 26.2 Å². The molecular weight excluding hydrogens is 192 g/mol. The zero-order chi connectivity index (χ0) is 10.4. The van der Waals surface area contributed by atoms with Crippen molar-refractivity contribution in [1.82, 2.24) is 4.98 Å². The van der Waals surface area contributed by atoms with Gasteiger partial charge in [-0.1, -0.05) is 12.8 Å². The lowest BCUT2D eigenvalue weighted by atomic mass is 10.3. The summed E-state index contributed by atoms with van der Waals surface area (Å²) in [6.45, 7) is 6.04. The van der Waals surface area contributed by atoms with Gasteiger partial charge in [0.1, 0.15) is 5.69 Å². The number of hydrogen-bond donors (Lipinski definition) is 0.